The van der Waals surface area contributed by atoms with Crippen molar-refractivity contribution in [2.45, 2.75) is 19.4 Å². The highest BCUT2D eigenvalue weighted by atomic mass is 16.5. The molecule has 0 heterocycles. The molecule has 0 unspecified atom stereocenters. The lowest BCUT2D eigenvalue weighted by atomic mass is 10.1. The van der Waals surface area contributed by atoms with Crippen molar-refractivity contribution in [1.82, 2.24) is 5.32 Å². The lowest BCUT2D eigenvalue weighted by Crippen LogP contribution is -2.22. The SMILES string of the molecule is COc1ccc(CN(C)c2cccc(NCCCCNC(=O)O)c2N)cc1. The van der Waals surface area contributed by atoms with Gasteiger partial charge in [0.2, 0.25) is 0 Å². The van der Waals surface area contributed by atoms with Crippen LogP contribution in [0.1, 0.15) is 18.4 Å². The number of anilines is 3. The summed E-state index contributed by atoms with van der Waals surface area (Å²) in [5, 5.41) is 14.2. The smallest absolute Gasteiger partial charge is 0.404 e. The molecule has 2 aromatic carbocycles. The highest BCUT2D eigenvalue weighted by molar-refractivity contribution is 5.80. The van der Waals surface area contributed by atoms with Gasteiger partial charge in [-0.05, 0) is 42.7 Å². The number of methoxy groups -OCH3 is 1. The zero-order valence-corrected chi connectivity index (χ0v) is 15.9. The van der Waals surface area contributed by atoms with Gasteiger partial charge in [-0.3, -0.25) is 0 Å². The van der Waals surface area contributed by atoms with Crippen LogP contribution in [0.2, 0.25) is 0 Å². The highest BCUT2D eigenvalue weighted by Gasteiger charge is 2.09. The molecule has 0 saturated heterocycles. The van der Waals surface area contributed by atoms with Crippen LogP contribution in [0.15, 0.2) is 42.5 Å². The van der Waals surface area contributed by atoms with Crippen molar-refractivity contribution in [3.8, 4) is 5.75 Å². The third-order valence-corrected chi connectivity index (χ3v) is 4.27. The predicted molar refractivity (Wildman–Crippen MR) is 110 cm³/mol. The molecule has 146 valence electrons. The molecule has 0 aliphatic carbocycles. The number of amides is 1. The van der Waals surface area contributed by atoms with Gasteiger partial charge in [0.05, 0.1) is 24.2 Å². The number of carbonyl (C=O) groups is 1. The number of para-hydroxylation sites is 1. The zero-order valence-electron chi connectivity index (χ0n) is 15.9. The second-order valence-corrected chi connectivity index (χ2v) is 6.31. The van der Waals surface area contributed by atoms with E-state index in [0.29, 0.717) is 12.2 Å². The minimum absolute atomic E-state index is 0.455. The van der Waals surface area contributed by atoms with Crippen LogP contribution < -0.4 is 26.0 Å². The zero-order chi connectivity index (χ0) is 19.6. The Morgan fingerprint density at radius 2 is 1.85 bits per heavy atom. The Hall–Kier alpha value is -3.09. The third-order valence-electron chi connectivity index (χ3n) is 4.27. The molecule has 2 rings (SSSR count). The van der Waals surface area contributed by atoms with Gasteiger partial charge in [0.25, 0.3) is 0 Å². The van der Waals surface area contributed by atoms with Crippen LogP contribution in [-0.4, -0.2) is 38.4 Å². The summed E-state index contributed by atoms with van der Waals surface area (Å²) < 4.78 is 5.19. The molecule has 1 amide bonds. The Morgan fingerprint density at radius 3 is 2.52 bits per heavy atom. The molecule has 27 heavy (non-hydrogen) atoms. The van der Waals surface area contributed by atoms with E-state index in [2.05, 4.69) is 15.5 Å². The molecule has 7 heteroatoms. The van der Waals surface area contributed by atoms with E-state index in [1.54, 1.807) is 7.11 Å². The molecule has 0 atom stereocenters. The molecule has 7 nitrogen and oxygen atoms in total. The van der Waals surface area contributed by atoms with Gasteiger partial charge in [-0.25, -0.2) is 4.79 Å². The van der Waals surface area contributed by atoms with Crippen LogP contribution in [0.4, 0.5) is 21.9 Å². The topological polar surface area (TPSA) is 99.8 Å². The fourth-order valence-corrected chi connectivity index (χ4v) is 2.80. The van der Waals surface area contributed by atoms with Crippen molar-refractivity contribution >= 4 is 23.2 Å². The van der Waals surface area contributed by atoms with E-state index in [1.807, 2.05) is 49.5 Å². The first-order chi connectivity index (χ1) is 13.0. The van der Waals surface area contributed by atoms with Crippen LogP contribution in [0.3, 0.4) is 0 Å². The minimum atomic E-state index is -0.986. The molecule has 0 aliphatic heterocycles. The van der Waals surface area contributed by atoms with Crippen molar-refractivity contribution in [1.29, 1.82) is 0 Å². The molecule has 0 radical (unpaired) electrons. The Morgan fingerprint density at radius 1 is 1.15 bits per heavy atom. The molecular weight excluding hydrogens is 344 g/mol. The summed E-state index contributed by atoms with van der Waals surface area (Å²) in [5.74, 6) is 0.839. The van der Waals surface area contributed by atoms with Crippen LogP contribution >= 0.6 is 0 Å². The van der Waals surface area contributed by atoms with Gasteiger partial charge in [0, 0.05) is 26.7 Å². The van der Waals surface area contributed by atoms with Gasteiger partial charge in [-0.1, -0.05) is 18.2 Å². The monoisotopic (exact) mass is 372 g/mol. The number of hydrogen-bond acceptors (Lipinski definition) is 5. The standard InChI is InChI=1S/C20H28N4O3/c1-24(14-15-8-10-16(27-2)11-9-15)18-7-5-6-17(19(18)21)22-12-3-4-13-23-20(25)26/h5-11,22-23H,3-4,12-14,21H2,1-2H3,(H,25,26). The number of nitrogens with zero attached hydrogens (tertiary/aromatic N) is 1. The Balaban J connectivity index is 1.91. The number of hydrogen-bond donors (Lipinski definition) is 4. The molecule has 2 aromatic rings. The van der Waals surface area contributed by atoms with E-state index in [-0.39, 0.29) is 0 Å². The first kappa shape index (κ1) is 20.2. The van der Waals surface area contributed by atoms with Gasteiger partial charge in [0.15, 0.2) is 0 Å². The van der Waals surface area contributed by atoms with Crippen LogP contribution in [0.25, 0.3) is 0 Å². The van der Waals surface area contributed by atoms with E-state index in [4.69, 9.17) is 15.6 Å². The number of carboxylic acid groups (broad SMARTS) is 1. The van der Waals surface area contributed by atoms with Crippen molar-refractivity contribution in [2.24, 2.45) is 0 Å². The minimum Gasteiger partial charge on any atom is -0.497 e. The predicted octanol–water partition coefficient (Wildman–Crippen LogP) is 3.37. The van der Waals surface area contributed by atoms with E-state index in [1.165, 1.54) is 5.56 Å². The number of nitrogens with one attached hydrogen (secondary N) is 2. The molecule has 0 aliphatic rings. The van der Waals surface area contributed by atoms with E-state index in [0.717, 1.165) is 43.1 Å². The van der Waals surface area contributed by atoms with Crippen molar-refractivity contribution in [3.63, 3.8) is 0 Å². The van der Waals surface area contributed by atoms with Gasteiger partial charge < -0.3 is 31.1 Å². The number of rotatable bonds is 10. The highest BCUT2D eigenvalue weighted by Crippen LogP contribution is 2.30. The van der Waals surface area contributed by atoms with Crippen molar-refractivity contribution in [3.05, 3.63) is 48.0 Å². The maximum Gasteiger partial charge on any atom is 0.404 e. The summed E-state index contributed by atoms with van der Waals surface area (Å²) in [6.45, 7) is 1.92. The molecule has 0 saturated carbocycles. The molecule has 0 fully saturated rings. The Kier molecular flexibility index (Phi) is 7.61. The largest absolute Gasteiger partial charge is 0.497 e. The first-order valence-electron chi connectivity index (χ1n) is 8.94. The lowest BCUT2D eigenvalue weighted by Gasteiger charge is -2.23. The summed E-state index contributed by atoms with van der Waals surface area (Å²) in [7, 11) is 3.67. The molecule has 5 N–H and O–H groups in total. The van der Waals surface area contributed by atoms with Gasteiger partial charge in [0.1, 0.15) is 5.75 Å². The first-order valence-corrected chi connectivity index (χ1v) is 8.94. The normalized spacial score (nSPS) is 10.3. The number of ether oxygens (including phenoxy) is 1. The average Bonchev–Trinajstić information content (AvgIpc) is 2.66. The van der Waals surface area contributed by atoms with Crippen molar-refractivity contribution < 1.29 is 14.6 Å². The summed E-state index contributed by atoms with van der Waals surface area (Å²) in [6.07, 6.45) is 0.641. The van der Waals surface area contributed by atoms with E-state index < -0.39 is 6.09 Å². The third kappa shape index (κ3) is 6.29. The van der Waals surface area contributed by atoms with Crippen LogP contribution in [-0.2, 0) is 6.54 Å². The number of nitrogen functional groups attached to an aromatic ring is 1. The van der Waals surface area contributed by atoms with Crippen molar-refractivity contribution in [2.75, 3.05) is 43.2 Å². The molecule has 0 aromatic heterocycles. The number of unbranched alkanes of at least 4 members (excludes halogenated alkanes) is 1. The van der Waals surface area contributed by atoms with Crippen LogP contribution in [0, 0.1) is 0 Å². The van der Waals surface area contributed by atoms with Gasteiger partial charge >= 0.3 is 6.09 Å². The number of benzene rings is 2. The second-order valence-electron chi connectivity index (χ2n) is 6.31. The second kappa shape index (κ2) is 10.2. The molecular formula is C20H28N4O3. The van der Waals surface area contributed by atoms with E-state index >= 15 is 0 Å². The van der Waals surface area contributed by atoms with E-state index in [9.17, 15) is 4.79 Å². The molecule has 0 spiro atoms. The number of nitrogens with two attached hydrogens (primary N) is 1. The summed E-state index contributed by atoms with van der Waals surface area (Å²) in [5.41, 5.74) is 10.1. The van der Waals surface area contributed by atoms with Gasteiger partial charge in [-0.15, -0.1) is 0 Å². The summed E-state index contributed by atoms with van der Waals surface area (Å²) >= 11 is 0. The fourth-order valence-electron chi connectivity index (χ4n) is 2.80. The Labute approximate surface area is 160 Å². The maximum atomic E-state index is 10.4. The summed E-state index contributed by atoms with van der Waals surface area (Å²) in [6, 6.07) is 13.9. The quantitative estimate of drug-likeness (QED) is 0.377. The molecule has 0 bridgehead atoms. The summed E-state index contributed by atoms with van der Waals surface area (Å²) in [4.78, 5) is 12.5. The van der Waals surface area contributed by atoms with Crippen LogP contribution in [0.5, 0.6) is 5.75 Å². The van der Waals surface area contributed by atoms with Gasteiger partial charge in [-0.2, -0.15) is 0 Å². The lowest BCUT2D eigenvalue weighted by molar-refractivity contribution is 0.194. The maximum absolute atomic E-state index is 10.4. The fraction of sp³-hybridized carbons (Fsp3) is 0.350. The average molecular weight is 372 g/mol. The Bertz CT molecular complexity index is 735.